The number of hydrogen-bond donors (Lipinski definition) is 1. The van der Waals surface area contributed by atoms with Crippen LogP contribution in [-0.4, -0.2) is 62.3 Å². The number of carbonyl (C=O) groups excluding carboxylic acids is 1. The standard InChI is InChI=1S/C21H30F3N3O3S/c1-15-5-3-8-19(16(15)2)25-20(28)14-26-9-11-27(12-10-26)31(29,30)18-7-4-6-17(13-18)21(22,23)24/h4,6-7,13,15-16,19H,3,5,8-12,14H2,1-2H3,(H,25,28)/t15-,16+,19+/m1/s1. The fourth-order valence-electron chi connectivity index (χ4n) is 4.35. The Balaban J connectivity index is 1.55. The van der Waals surface area contributed by atoms with Gasteiger partial charge in [-0.2, -0.15) is 17.5 Å². The van der Waals surface area contributed by atoms with Crippen molar-refractivity contribution >= 4 is 15.9 Å². The molecule has 1 aromatic rings. The van der Waals surface area contributed by atoms with Crippen LogP contribution < -0.4 is 5.32 Å². The molecule has 3 atom stereocenters. The van der Waals surface area contributed by atoms with E-state index in [1.807, 2.05) is 4.90 Å². The number of nitrogens with one attached hydrogen (secondary N) is 1. The van der Waals surface area contributed by atoms with Crippen molar-refractivity contribution in [1.29, 1.82) is 0 Å². The van der Waals surface area contributed by atoms with Crippen LogP contribution in [0.25, 0.3) is 0 Å². The maximum atomic E-state index is 12.9. The molecule has 1 saturated carbocycles. The van der Waals surface area contributed by atoms with Crippen molar-refractivity contribution in [2.75, 3.05) is 32.7 Å². The molecule has 0 radical (unpaired) electrons. The zero-order chi connectivity index (χ0) is 22.8. The van der Waals surface area contributed by atoms with Crippen molar-refractivity contribution in [3.05, 3.63) is 29.8 Å². The zero-order valence-corrected chi connectivity index (χ0v) is 18.7. The van der Waals surface area contributed by atoms with Gasteiger partial charge in [-0.25, -0.2) is 8.42 Å². The molecule has 3 rings (SSSR count). The normalized spacial score (nSPS) is 26.5. The lowest BCUT2D eigenvalue weighted by atomic mass is 9.78. The second kappa shape index (κ2) is 9.46. The van der Waals surface area contributed by atoms with Crippen LogP contribution in [0.4, 0.5) is 13.2 Å². The first-order valence-electron chi connectivity index (χ1n) is 10.7. The lowest BCUT2D eigenvalue weighted by Gasteiger charge is -2.36. The highest BCUT2D eigenvalue weighted by Crippen LogP contribution is 2.31. The van der Waals surface area contributed by atoms with Crippen LogP contribution >= 0.6 is 0 Å². The second-order valence-electron chi connectivity index (χ2n) is 8.65. The van der Waals surface area contributed by atoms with Gasteiger partial charge in [-0.1, -0.05) is 32.8 Å². The topological polar surface area (TPSA) is 69.7 Å². The first-order chi connectivity index (χ1) is 14.5. The van der Waals surface area contributed by atoms with Gasteiger partial charge in [0.25, 0.3) is 0 Å². The number of benzene rings is 1. The number of amides is 1. The molecule has 1 heterocycles. The van der Waals surface area contributed by atoms with E-state index in [0.717, 1.165) is 25.0 Å². The number of alkyl halides is 3. The molecule has 1 amide bonds. The van der Waals surface area contributed by atoms with Crippen molar-refractivity contribution in [2.45, 2.75) is 50.2 Å². The van der Waals surface area contributed by atoms with Crippen LogP contribution in [-0.2, 0) is 21.0 Å². The van der Waals surface area contributed by atoms with Gasteiger partial charge in [0, 0.05) is 32.2 Å². The van der Waals surface area contributed by atoms with E-state index in [1.165, 1.54) is 16.8 Å². The molecule has 0 aromatic heterocycles. The van der Waals surface area contributed by atoms with E-state index in [-0.39, 0.29) is 36.5 Å². The summed E-state index contributed by atoms with van der Waals surface area (Å²) < 4.78 is 65.5. The highest BCUT2D eigenvalue weighted by atomic mass is 32.2. The summed E-state index contributed by atoms with van der Waals surface area (Å²) >= 11 is 0. The van der Waals surface area contributed by atoms with Gasteiger partial charge in [-0.05, 0) is 36.5 Å². The van der Waals surface area contributed by atoms with E-state index in [9.17, 15) is 26.4 Å². The summed E-state index contributed by atoms with van der Waals surface area (Å²) in [6.07, 6.45) is -1.36. The van der Waals surface area contributed by atoms with Crippen LogP contribution in [0.15, 0.2) is 29.2 Å². The number of carbonyl (C=O) groups is 1. The molecular weight excluding hydrogens is 431 g/mol. The Morgan fingerprint density at radius 3 is 2.45 bits per heavy atom. The summed E-state index contributed by atoms with van der Waals surface area (Å²) in [6.45, 7) is 5.50. The van der Waals surface area contributed by atoms with Gasteiger partial charge in [-0.3, -0.25) is 9.69 Å². The molecule has 6 nitrogen and oxygen atoms in total. The van der Waals surface area contributed by atoms with Crippen LogP contribution in [0, 0.1) is 11.8 Å². The van der Waals surface area contributed by atoms with Crippen LogP contribution in [0.3, 0.4) is 0 Å². The SMILES string of the molecule is C[C@H]1[C@H](C)CCC[C@@H]1NC(=O)CN1CCN(S(=O)(=O)c2cccc(C(F)(F)F)c2)CC1. The minimum absolute atomic E-state index is 0.0693. The van der Waals surface area contributed by atoms with Crippen LogP contribution in [0.2, 0.25) is 0 Å². The van der Waals surface area contributed by atoms with E-state index in [4.69, 9.17) is 0 Å². The van der Waals surface area contributed by atoms with Gasteiger partial charge >= 0.3 is 6.18 Å². The average molecular weight is 462 g/mol. The van der Waals surface area contributed by atoms with Crippen molar-refractivity contribution in [3.63, 3.8) is 0 Å². The van der Waals surface area contributed by atoms with Gasteiger partial charge in [0.15, 0.2) is 0 Å². The summed E-state index contributed by atoms with van der Waals surface area (Å²) in [7, 11) is -4.03. The fourth-order valence-corrected chi connectivity index (χ4v) is 5.82. The van der Waals surface area contributed by atoms with E-state index in [2.05, 4.69) is 19.2 Å². The lowest BCUT2D eigenvalue weighted by molar-refractivity contribution is -0.137. The Morgan fingerprint density at radius 1 is 1.13 bits per heavy atom. The van der Waals surface area contributed by atoms with Crippen LogP contribution in [0.5, 0.6) is 0 Å². The molecule has 1 N–H and O–H groups in total. The molecule has 0 spiro atoms. The second-order valence-corrected chi connectivity index (χ2v) is 10.6. The van der Waals surface area contributed by atoms with E-state index in [0.29, 0.717) is 31.0 Å². The molecule has 1 aliphatic heterocycles. The highest BCUT2D eigenvalue weighted by Gasteiger charge is 2.34. The average Bonchev–Trinajstić information content (AvgIpc) is 2.71. The Labute approximate surface area is 181 Å². The third-order valence-corrected chi connectivity index (χ3v) is 8.45. The van der Waals surface area contributed by atoms with E-state index < -0.39 is 21.8 Å². The van der Waals surface area contributed by atoms with Gasteiger partial charge in [0.2, 0.25) is 15.9 Å². The summed E-state index contributed by atoms with van der Waals surface area (Å²) in [5.74, 6) is 0.927. The number of piperazine rings is 1. The maximum absolute atomic E-state index is 12.9. The van der Waals surface area contributed by atoms with Crippen LogP contribution in [0.1, 0.15) is 38.7 Å². The third-order valence-electron chi connectivity index (χ3n) is 6.55. The molecule has 0 bridgehead atoms. The van der Waals surface area contributed by atoms with E-state index >= 15 is 0 Å². The first kappa shape index (κ1) is 24.0. The lowest BCUT2D eigenvalue weighted by Crippen LogP contribution is -2.52. The Bertz CT molecular complexity index is 883. The number of nitrogens with zero attached hydrogens (tertiary/aromatic N) is 2. The van der Waals surface area contributed by atoms with Gasteiger partial charge in [0.1, 0.15) is 0 Å². The van der Waals surface area contributed by atoms with Crippen molar-refractivity contribution in [1.82, 2.24) is 14.5 Å². The third kappa shape index (κ3) is 5.78. The van der Waals surface area contributed by atoms with Crippen molar-refractivity contribution < 1.29 is 26.4 Å². The summed E-state index contributed by atoms with van der Waals surface area (Å²) in [4.78, 5) is 14.0. The molecule has 1 aromatic carbocycles. The molecule has 174 valence electrons. The quantitative estimate of drug-likeness (QED) is 0.732. The Kier molecular flexibility index (Phi) is 7.32. The smallest absolute Gasteiger partial charge is 0.352 e. The minimum atomic E-state index is -4.61. The first-order valence-corrected chi connectivity index (χ1v) is 12.1. The molecular formula is C21H30F3N3O3S. The summed E-state index contributed by atoms with van der Waals surface area (Å²) in [6, 6.07) is 3.96. The molecule has 0 unspecified atom stereocenters. The molecule has 31 heavy (non-hydrogen) atoms. The molecule has 10 heteroatoms. The number of sulfonamides is 1. The molecule has 1 saturated heterocycles. The minimum Gasteiger partial charge on any atom is -0.352 e. The van der Waals surface area contributed by atoms with Gasteiger partial charge < -0.3 is 5.32 Å². The molecule has 1 aliphatic carbocycles. The van der Waals surface area contributed by atoms with Gasteiger partial charge in [-0.15, -0.1) is 0 Å². The van der Waals surface area contributed by atoms with E-state index in [1.54, 1.807) is 0 Å². The van der Waals surface area contributed by atoms with Crippen molar-refractivity contribution in [2.24, 2.45) is 11.8 Å². The summed E-state index contributed by atoms with van der Waals surface area (Å²) in [5.41, 5.74) is -0.991. The monoisotopic (exact) mass is 461 g/mol. The summed E-state index contributed by atoms with van der Waals surface area (Å²) in [5, 5.41) is 3.11. The molecule has 2 aliphatic rings. The number of halogens is 3. The number of rotatable bonds is 5. The number of hydrogen-bond acceptors (Lipinski definition) is 4. The Morgan fingerprint density at radius 2 is 1.81 bits per heavy atom. The zero-order valence-electron chi connectivity index (χ0n) is 17.9. The largest absolute Gasteiger partial charge is 0.416 e. The predicted molar refractivity (Wildman–Crippen MR) is 111 cm³/mol. The van der Waals surface area contributed by atoms with Gasteiger partial charge in [0.05, 0.1) is 17.0 Å². The molecule has 2 fully saturated rings. The highest BCUT2D eigenvalue weighted by molar-refractivity contribution is 7.89. The predicted octanol–water partition coefficient (Wildman–Crippen LogP) is 2.95. The Hall–Kier alpha value is -1.65. The van der Waals surface area contributed by atoms with Crippen molar-refractivity contribution in [3.8, 4) is 0 Å². The fraction of sp³-hybridized carbons (Fsp3) is 0.667. The maximum Gasteiger partial charge on any atom is 0.416 e.